The van der Waals surface area contributed by atoms with Gasteiger partial charge in [-0.25, -0.2) is 24.8 Å². The minimum Gasteiger partial charge on any atom is -0.464 e. The van der Waals surface area contributed by atoms with Crippen LogP contribution in [0.25, 0.3) is 10.0 Å². The maximum absolute atomic E-state index is 12.3. The van der Waals surface area contributed by atoms with Crippen molar-refractivity contribution in [3.05, 3.63) is 167 Å². The van der Waals surface area contributed by atoms with Gasteiger partial charge in [0.1, 0.15) is 38.9 Å². The van der Waals surface area contributed by atoms with E-state index in [1.54, 1.807) is 46.1 Å². The summed E-state index contributed by atoms with van der Waals surface area (Å²) in [5.74, 6) is 2.47. The van der Waals surface area contributed by atoms with Crippen molar-refractivity contribution in [3.63, 3.8) is 0 Å². The average Bonchev–Trinajstić information content (AvgIpc) is 4.02. The number of thiophene rings is 2. The second-order valence-electron chi connectivity index (χ2n) is 15.9. The number of esters is 1. The van der Waals surface area contributed by atoms with Crippen LogP contribution in [-0.2, 0) is 22.6 Å². The van der Waals surface area contributed by atoms with Crippen LogP contribution in [0.3, 0.4) is 0 Å². The first-order chi connectivity index (χ1) is 32.7. The number of rotatable bonds is 8. The standard InChI is InChI=1S/C24H22ClN7OS.C24H21ClN6O2S/c1-13-14(2)34-23-20(13)21(17-7-9-19(25)10-8-17)30-31(24-29-28-15(3)32(23)24)12-18-6-5-11-26-22(18)27-16(4)33;1-13-14(2)34-22-19(13)20(16-7-9-18(25)10-8-16)29-30(24-28-27-15(3)31(22)24)12-17-6-5-11-26-21(17)23(32)33-4/h5-11H,12H2,1-4H3,(H,26,27,33);5-11H,12H2,1-4H3. The molecule has 8 aromatic rings. The van der Waals surface area contributed by atoms with Crippen molar-refractivity contribution in [2.45, 2.75) is 61.6 Å². The second kappa shape index (κ2) is 18.9. The Morgan fingerprint density at radius 2 is 1.09 bits per heavy atom. The van der Waals surface area contributed by atoms with Gasteiger partial charge in [0.15, 0.2) is 5.69 Å². The van der Waals surface area contributed by atoms with Crippen molar-refractivity contribution in [2.75, 3.05) is 22.4 Å². The van der Waals surface area contributed by atoms with Crippen LogP contribution in [0.1, 0.15) is 83.3 Å². The number of hydrogen-bond donors (Lipinski definition) is 1. The molecule has 0 fully saturated rings. The molecule has 0 radical (unpaired) electrons. The summed E-state index contributed by atoms with van der Waals surface area (Å²) in [4.78, 5) is 35.1. The van der Waals surface area contributed by atoms with Gasteiger partial charge in [0.2, 0.25) is 5.91 Å². The van der Waals surface area contributed by atoms with Gasteiger partial charge in [0.05, 0.1) is 20.2 Å². The van der Waals surface area contributed by atoms with Crippen LogP contribution in [0.5, 0.6) is 0 Å². The van der Waals surface area contributed by atoms with Crippen LogP contribution >= 0.6 is 45.9 Å². The summed E-state index contributed by atoms with van der Waals surface area (Å²) in [5, 5.41) is 37.5. The van der Waals surface area contributed by atoms with E-state index in [1.165, 1.54) is 23.8 Å². The molecule has 2 aliphatic rings. The van der Waals surface area contributed by atoms with Gasteiger partial charge in [0, 0.05) is 72.5 Å². The third kappa shape index (κ3) is 8.66. The highest BCUT2D eigenvalue weighted by Crippen LogP contribution is 2.41. The first kappa shape index (κ1) is 46.0. The Labute approximate surface area is 409 Å². The van der Waals surface area contributed by atoms with Crippen LogP contribution in [0, 0.1) is 41.5 Å². The number of aromatic nitrogens is 8. The molecule has 0 unspecified atom stereocenters. The number of aryl methyl sites for hydroxylation is 4. The first-order valence-electron chi connectivity index (χ1n) is 21.3. The SMILES string of the molecule is CC(=O)Nc1ncccc1CN1N=C(c2ccc(Cl)cc2)c2c(sc(C)c2C)-n2c(C)nnc21.COC(=O)c1ncccc1CN1N=C(c2ccc(Cl)cc2)c2c(sc(C)c2C)-n2c(C)nnc21. The summed E-state index contributed by atoms with van der Waals surface area (Å²) >= 11 is 15.7. The molecule has 0 saturated heterocycles. The summed E-state index contributed by atoms with van der Waals surface area (Å²) in [7, 11) is 1.34. The normalized spacial score (nSPS) is 12.6. The van der Waals surface area contributed by atoms with Crippen molar-refractivity contribution >= 4 is 86.9 Å². The van der Waals surface area contributed by atoms with Gasteiger partial charge in [-0.2, -0.15) is 10.2 Å². The van der Waals surface area contributed by atoms with Crippen molar-refractivity contribution in [1.82, 2.24) is 39.5 Å². The number of ether oxygens (including phenoxy) is 1. The number of anilines is 3. The number of methoxy groups -OCH3 is 1. The minimum atomic E-state index is -0.504. The monoisotopic (exact) mass is 983 g/mol. The number of nitrogens with one attached hydrogen (secondary N) is 1. The van der Waals surface area contributed by atoms with E-state index in [2.05, 4.69) is 63.4 Å². The highest BCUT2D eigenvalue weighted by Gasteiger charge is 2.33. The minimum absolute atomic E-state index is 0.187. The fraction of sp³-hybridized carbons (Fsp3) is 0.208. The summed E-state index contributed by atoms with van der Waals surface area (Å²) in [5.41, 5.74) is 9.57. The summed E-state index contributed by atoms with van der Waals surface area (Å²) in [6.45, 7) is 14.3. The molecule has 0 bridgehead atoms. The molecule has 20 heteroatoms. The zero-order chi connectivity index (χ0) is 48.0. The van der Waals surface area contributed by atoms with Gasteiger partial charge in [-0.1, -0.05) is 59.6 Å². The number of pyridine rings is 2. The average molecular weight is 985 g/mol. The Bertz CT molecular complexity index is 3320. The molecule has 1 amide bonds. The summed E-state index contributed by atoms with van der Waals surface area (Å²) in [6.07, 6.45) is 3.22. The lowest BCUT2D eigenvalue weighted by Gasteiger charge is -2.19. The molecule has 8 heterocycles. The first-order valence-corrected chi connectivity index (χ1v) is 23.6. The molecular weight excluding hydrogens is 942 g/mol. The lowest BCUT2D eigenvalue weighted by molar-refractivity contribution is -0.114. The number of halogens is 2. The third-order valence-electron chi connectivity index (χ3n) is 11.5. The number of amides is 1. The predicted octanol–water partition coefficient (Wildman–Crippen LogP) is 9.90. The molecule has 0 spiro atoms. The number of benzene rings is 2. The van der Waals surface area contributed by atoms with E-state index >= 15 is 0 Å². The second-order valence-corrected chi connectivity index (χ2v) is 19.2. The van der Waals surface area contributed by atoms with E-state index in [1.807, 2.05) is 94.7 Å². The zero-order valence-corrected chi connectivity index (χ0v) is 41.3. The van der Waals surface area contributed by atoms with Crippen LogP contribution in [0.4, 0.5) is 17.7 Å². The molecule has 68 heavy (non-hydrogen) atoms. The zero-order valence-electron chi connectivity index (χ0n) is 38.2. The van der Waals surface area contributed by atoms with Crippen molar-refractivity contribution in [1.29, 1.82) is 0 Å². The molecule has 0 atom stereocenters. The fourth-order valence-electron chi connectivity index (χ4n) is 7.88. The van der Waals surface area contributed by atoms with Gasteiger partial charge in [-0.3, -0.25) is 13.9 Å². The smallest absolute Gasteiger partial charge is 0.357 e. The van der Waals surface area contributed by atoms with Gasteiger partial charge in [0.25, 0.3) is 11.9 Å². The molecule has 2 aliphatic heterocycles. The number of hydrogen-bond acceptors (Lipinski definition) is 15. The quantitative estimate of drug-likeness (QED) is 0.144. The van der Waals surface area contributed by atoms with Gasteiger partial charge in [-0.05, 0) is 89.1 Å². The molecule has 6 aromatic heterocycles. The largest absolute Gasteiger partial charge is 0.464 e. The lowest BCUT2D eigenvalue weighted by Crippen LogP contribution is -2.22. The third-order valence-corrected chi connectivity index (χ3v) is 14.4. The predicted molar refractivity (Wildman–Crippen MR) is 268 cm³/mol. The maximum atomic E-state index is 12.3. The van der Waals surface area contributed by atoms with Crippen LogP contribution in [-0.4, -0.2) is 69.9 Å². The Morgan fingerprint density at radius 3 is 1.56 bits per heavy atom. The summed E-state index contributed by atoms with van der Waals surface area (Å²) < 4.78 is 8.99. The molecule has 0 saturated carbocycles. The van der Waals surface area contributed by atoms with Gasteiger partial charge in [-0.15, -0.1) is 43.1 Å². The fourth-order valence-corrected chi connectivity index (χ4v) is 10.5. The number of nitrogens with zero attached hydrogens (tertiary/aromatic N) is 12. The highest BCUT2D eigenvalue weighted by atomic mass is 35.5. The highest BCUT2D eigenvalue weighted by molar-refractivity contribution is 7.15. The van der Waals surface area contributed by atoms with E-state index in [0.717, 1.165) is 72.0 Å². The summed E-state index contributed by atoms with van der Waals surface area (Å²) in [6, 6.07) is 22.7. The Kier molecular flexibility index (Phi) is 12.8. The van der Waals surface area contributed by atoms with Crippen LogP contribution < -0.4 is 15.3 Å². The molecule has 0 aliphatic carbocycles. The van der Waals surface area contributed by atoms with E-state index in [9.17, 15) is 9.59 Å². The van der Waals surface area contributed by atoms with E-state index < -0.39 is 5.97 Å². The number of carbonyl (C=O) groups is 2. The van der Waals surface area contributed by atoms with E-state index in [4.69, 9.17) is 38.1 Å². The molecule has 16 nitrogen and oxygen atoms in total. The van der Waals surface area contributed by atoms with Gasteiger partial charge < -0.3 is 10.1 Å². The maximum Gasteiger partial charge on any atom is 0.357 e. The van der Waals surface area contributed by atoms with Gasteiger partial charge >= 0.3 is 5.97 Å². The lowest BCUT2D eigenvalue weighted by atomic mass is 10.00. The molecular formula is C48H43Cl2N13O3S2. The van der Waals surface area contributed by atoms with E-state index in [0.29, 0.717) is 39.9 Å². The Hall–Kier alpha value is -7.12. The van der Waals surface area contributed by atoms with Crippen molar-refractivity contribution in [3.8, 4) is 10.0 Å². The molecule has 10 rings (SSSR count). The Morgan fingerprint density at radius 1 is 0.632 bits per heavy atom. The topological polar surface area (TPSA) is 174 Å². The molecule has 1 N–H and O–H groups in total. The Balaban J connectivity index is 0.000000170. The number of fused-ring (bicyclic) bond motifs is 6. The molecule has 2 aromatic carbocycles. The van der Waals surface area contributed by atoms with Crippen molar-refractivity contribution in [2.24, 2.45) is 10.2 Å². The van der Waals surface area contributed by atoms with Crippen LogP contribution in [0.15, 0.2) is 95.4 Å². The molecule has 344 valence electrons. The number of hydrazone groups is 2. The van der Waals surface area contributed by atoms with E-state index in [-0.39, 0.29) is 18.1 Å². The number of carbonyl (C=O) groups excluding carboxylic acids is 2. The van der Waals surface area contributed by atoms with Crippen LogP contribution in [0.2, 0.25) is 10.0 Å². The van der Waals surface area contributed by atoms with Crippen molar-refractivity contribution < 1.29 is 14.3 Å².